The summed E-state index contributed by atoms with van der Waals surface area (Å²) in [7, 11) is 0. The van der Waals surface area contributed by atoms with E-state index in [4.69, 9.17) is 16.2 Å². The summed E-state index contributed by atoms with van der Waals surface area (Å²) in [6.07, 6.45) is 0. The second-order valence-electron chi connectivity index (χ2n) is 2.73. The molecule has 0 heterocycles. The molecule has 0 aliphatic carbocycles. The average Bonchev–Trinajstić information content (AvgIpc) is 2.03. The predicted molar refractivity (Wildman–Crippen MR) is 50.3 cm³/mol. The van der Waals surface area contributed by atoms with Gasteiger partial charge in [0.25, 0.3) is 0 Å². The summed E-state index contributed by atoms with van der Waals surface area (Å²) in [5, 5.41) is 16.0. The van der Waals surface area contributed by atoms with Gasteiger partial charge in [0.1, 0.15) is 0 Å². The topological polar surface area (TPSA) is 87.2 Å². The molecule has 4 heteroatoms. The molecule has 0 aliphatic rings. The van der Waals surface area contributed by atoms with Crippen molar-refractivity contribution in [1.29, 1.82) is 5.41 Å². The van der Waals surface area contributed by atoms with E-state index >= 15 is 0 Å². The molecule has 0 atom stereocenters. The molecule has 4 N–H and O–H groups in total. The van der Waals surface area contributed by atoms with E-state index in [9.17, 15) is 4.79 Å². The van der Waals surface area contributed by atoms with Crippen molar-refractivity contribution in [2.75, 3.05) is 5.73 Å². The molecule has 0 bridgehead atoms. The van der Waals surface area contributed by atoms with Crippen molar-refractivity contribution in [1.82, 2.24) is 0 Å². The minimum absolute atomic E-state index is 0.141. The van der Waals surface area contributed by atoms with Crippen molar-refractivity contribution >= 4 is 17.4 Å². The average molecular weight is 178 g/mol. The van der Waals surface area contributed by atoms with Crippen LogP contribution in [0.15, 0.2) is 18.2 Å². The minimum Gasteiger partial charge on any atom is -0.478 e. The van der Waals surface area contributed by atoms with Crippen LogP contribution in [0.4, 0.5) is 5.69 Å². The molecule has 1 rings (SSSR count). The van der Waals surface area contributed by atoms with E-state index in [2.05, 4.69) is 0 Å². The molecular weight excluding hydrogens is 168 g/mol. The quantitative estimate of drug-likeness (QED) is 0.472. The van der Waals surface area contributed by atoms with Gasteiger partial charge in [0, 0.05) is 17.0 Å². The van der Waals surface area contributed by atoms with Gasteiger partial charge < -0.3 is 16.2 Å². The van der Waals surface area contributed by atoms with E-state index in [-0.39, 0.29) is 5.56 Å². The Hall–Kier alpha value is -1.84. The highest BCUT2D eigenvalue weighted by molar-refractivity contribution is 6.02. The monoisotopic (exact) mass is 178 g/mol. The number of benzene rings is 1. The first-order valence-corrected chi connectivity index (χ1v) is 3.70. The zero-order valence-electron chi connectivity index (χ0n) is 7.16. The Kier molecular flexibility index (Phi) is 2.32. The molecular formula is C9H10N2O2. The van der Waals surface area contributed by atoms with Crippen LogP contribution < -0.4 is 5.73 Å². The summed E-state index contributed by atoms with van der Waals surface area (Å²) in [5.74, 6) is -1.01. The SMILES string of the molecule is CC(=N)c1ccc(C(=O)O)cc1N. The number of carboxylic acids is 1. The lowest BCUT2D eigenvalue weighted by Gasteiger charge is -2.03. The van der Waals surface area contributed by atoms with Crippen molar-refractivity contribution in [3.05, 3.63) is 29.3 Å². The van der Waals surface area contributed by atoms with Crippen LogP contribution in [0, 0.1) is 5.41 Å². The highest BCUT2D eigenvalue weighted by Crippen LogP contribution is 2.14. The summed E-state index contributed by atoms with van der Waals surface area (Å²) < 4.78 is 0. The third kappa shape index (κ3) is 1.84. The van der Waals surface area contributed by atoms with E-state index in [0.29, 0.717) is 17.0 Å². The van der Waals surface area contributed by atoms with Gasteiger partial charge in [0.2, 0.25) is 0 Å². The van der Waals surface area contributed by atoms with Crippen molar-refractivity contribution in [3.63, 3.8) is 0 Å². The largest absolute Gasteiger partial charge is 0.478 e. The van der Waals surface area contributed by atoms with Crippen LogP contribution in [0.2, 0.25) is 0 Å². The molecule has 0 aliphatic heterocycles. The van der Waals surface area contributed by atoms with E-state index in [1.807, 2.05) is 0 Å². The molecule has 0 saturated heterocycles. The fourth-order valence-corrected chi connectivity index (χ4v) is 1.04. The number of carboxylic acid groups (broad SMARTS) is 1. The maximum Gasteiger partial charge on any atom is 0.335 e. The van der Waals surface area contributed by atoms with Gasteiger partial charge >= 0.3 is 5.97 Å². The number of rotatable bonds is 2. The maximum atomic E-state index is 10.5. The fourth-order valence-electron chi connectivity index (χ4n) is 1.04. The molecule has 0 amide bonds. The number of hydrogen-bond acceptors (Lipinski definition) is 3. The first-order valence-electron chi connectivity index (χ1n) is 3.70. The molecule has 68 valence electrons. The number of nitrogens with one attached hydrogen (secondary N) is 1. The molecule has 0 aromatic heterocycles. The smallest absolute Gasteiger partial charge is 0.335 e. The summed E-state index contributed by atoms with van der Waals surface area (Å²) in [6.45, 7) is 1.60. The van der Waals surface area contributed by atoms with Gasteiger partial charge in [-0.05, 0) is 19.1 Å². The summed E-state index contributed by atoms with van der Waals surface area (Å²) in [4.78, 5) is 10.5. The van der Waals surface area contributed by atoms with Crippen molar-refractivity contribution < 1.29 is 9.90 Å². The number of nitrogen functional groups attached to an aromatic ring is 1. The Bertz CT molecular complexity index is 372. The Morgan fingerprint density at radius 3 is 2.54 bits per heavy atom. The maximum absolute atomic E-state index is 10.5. The third-order valence-corrected chi connectivity index (χ3v) is 1.70. The van der Waals surface area contributed by atoms with Gasteiger partial charge in [0.15, 0.2) is 0 Å². The molecule has 0 fully saturated rings. The van der Waals surface area contributed by atoms with Gasteiger partial charge in [-0.15, -0.1) is 0 Å². The van der Waals surface area contributed by atoms with Crippen molar-refractivity contribution in [2.45, 2.75) is 6.92 Å². The lowest BCUT2D eigenvalue weighted by atomic mass is 10.1. The van der Waals surface area contributed by atoms with Gasteiger partial charge in [0.05, 0.1) is 5.56 Å². The van der Waals surface area contributed by atoms with Crippen LogP contribution in [0.25, 0.3) is 0 Å². The van der Waals surface area contributed by atoms with Crippen LogP contribution in [0.5, 0.6) is 0 Å². The molecule has 0 unspecified atom stereocenters. The standard InChI is InChI=1S/C9H10N2O2/c1-5(10)7-3-2-6(9(12)13)4-8(7)11/h2-4,10H,11H2,1H3,(H,12,13). The van der Waals surface area contributed by atoms with E-state index in [0.717, 1.165) is 0 Å². The minimum atomic E-state index is -1.01. The van der Waals surface area contributed by atoms with Crippen LogP contribution in [0.1, 0.15) is 22.8 Å². The fraction of sp³-hybridized carbons (Fsp3) is 0.111. The third-order valence-electron chi connectivity index (χ3n) is 1.70. The second kappa shape index (κ2) is 3.26. The van der Waals surface area contributed by atoms with E-state index < -0.39 is 5.97 Å². The van der Waals surface area contributed by atoms with Crippen LogP contribution in [-0.2, 0) is 0 Å². The highest BCUT2D eigenvalue weighted by Gasteiger charge is 2.06. The molecule has 0 spiro atoms. The Morgan fingerprint density at radius 2 is 2.15 bits per heavy atom. The first kappa shape index (κ1) is 9.25. The van der Waals surface area contributed by atoms with Gasteiger partial charge in [-0.3, -0.25) is 0 Å². The zero-order chi connectivity index (χ0) is 10.0. The lowest BCUT2D eigenvalue weighted by molar-refractivity contribution is 0.0697. The highest BCUT2D eigenvalue weighted by atomic mass is 16.4. The number of hydrogen-bond donors (Lipinski definition) is 3. The van der Waals surface area contributed by atoms with Crippen LogP contribution in [-0.4, -0.2) is 16.8 Å². The Balaban J connectivity index is 3.20. The molecule has 4 nitrogen and oxygen atoms in total. The first-order chi connectivity index (χ1) is 6.02. The van der Waals surface area contributed by atoms with E-state index in [1.165, 1.54) is 12.1 Å². The number of aromatic carboxylic acids is 1. The van der Waals surface area contributed by atoms with Crippen molar-refractivity contribution in [3.8, 4) is 0 Å². The number of nitrogens with two attached hydrogens (primary N) is 1. The van der Waals surface area contributed by atoms with E-state index in [1.54, 1.807) is 13.0 Å². The molecule has 0 saturated carbocycles. The zero-order valence-corrected chi connectivity index (χ0v) is 7.16. The molecule has 13 heavy (non-hydrogen) atoms. The Labute approximate surface area is 75.5 Å². The molecule has 0 radical (unpaired) electrons. The van der Waals surface area contributed by atoms with Gasteiger partial charge in [-0.25, -0.2) is 4.79 Å². The number of anilines is 1. The molecule has 1 aromatic rings. The number of carbonyl (C=O) groups is 1. The summed E-state index contributed by atoms with van der Waals surface area (Å²) in [6, 6.07) is 4.34. The van der Waals surface area contributed by atoms with Crippen LogP contribution in [0.3, 0.4) is 0 Å². The van der Waals surface area contributed by atoms with Crippen LogP contribution >= 0.6 is 0 Å². The van der Waals surface area contributed by atoms with Gasteiger partial charge in [-0.1, -0.05) is 6.07 Å². The normalized spacial score (nSPS) is 9.62. The lowest BCUT2D eigenvalue weighted by Crippen LogP contribution is -2.03. The predicted octanol–water partition coefficient (Wildman–Crippen LogP) is 1.35. The summed E-state index contributed by atoms with van der Waals surface area (Å²) in [5.41, 5.74) is 6.93. The Morgan fingerprint density at radius 1 is 1.54 bits per heavy atom. The van der Waals surface area contributed by atoms with Gasteiger partial charge in [-0.2, -0.15) is 0 Å². The molecule has 1 aromatic carbocycles. The van der Waals surface area contributed by atoms with Crippen molar-refractivity contribution in [2.24, 2.45) is 0 Å². The summed E-state index contributed by atoms with van der Waals surface area (Å²) >= 11 is 0. The second-order valence-corrected chi connectivity index (χ2v) is 2.73.